The average Bonchev–Trinajstić information content (AvgIpc) is 3.15. The van der Waals surface area contributed by atoms with E-state index in [1.807, 2.05) is 0 Å². The minimum absolute atomic E-state index is 0.892. The highest BCUT2D eigenvalue weighted by Gasteiger charge is 2.29. The first-order chi connectivity index (χ1) is 24.6. The number of hydrogen-bond acceptors (Lipinski definition) is 1. The fourth-order valence-corrected chi connectivity index (χ4v) is 9.22. The quantitative estimate of drug-likeness (QED) is 0.0574. The molecule has 0 aliphatic carbocycles. The first kappa shape index (κ1) is 41.5. The summed E-state index contributed by atoms with van der Waals surface area (Å²) in [5, 5.41) is 2.68. The van der Waals surface area contributed by atoms with E-state index in [2.05, 4.69) is 130 Å². The Hall–Kier alpha value is -2.89. The second kappa shape index (κ2) is 26.0. The molecule has 50 heavy (non-hydrogen) atoms. The molecule has 0 spiro atoms. The maximum Gasteiger partial charge on any atom is 0.171 e. The molecule has 0 saturated carbocycles. The van der Waals surface area contributed by atoms with Crippen molar-refractivity contribution in [3.8, 4) is 0 Å². The Kier molecular flexibility index (Phi) is 21.6. The van der Waals surface area contributed by atoms with Crippen LogP contribution < -0.4 is 15.9 Å². The third-order valence-corrected chi connectivity index (χ3v) is 13.0. The van der Waals surface area contributed by atoms with E-state index < -0.39 is 7.14 Å². The van der Waals surface area contributed by atoms with Gasteiger partial charge in [0.2, 0.25) is 0 Å². The van der Waals surface area contributed by atoms with Gasteiger partial charge < -0.3 is 4.57 Å². The molecule has 0 bridgehead atoms. The predicted molar refractivity (Wildman–Crippen MR) is 227 cm³/mol. The minimum atomic E-state index is -3.06. The van der Waals surface area contributed by atoms with Gasteiger partial charge in [-0.3, -0.25) is 0 Å². The summed E-state index contributed by atoms with van der Waals surface area (Å²) in [6.45, 7) is 6.81. The van der Waals surface area contributed by atoms with Gasteiger partial charge >= 0.3 is 0 Å². The number of allylic oxidation sites excluding steroid dienone is 3. The molecule has 0 aromatic heterocycles. The Bertz CT molecular complexity index is 1230. The molecule has 0 N–H and O–H groups in total. The molecule has 3 aromatic carbocycles. The van der Waals surface area contributed by atoms with Crippen molar-refractivity contribution in [1.82, 2.24) is 0 Å². The standard InChI is InChI=1S/C48H69OP/c1-4-7-10-13-16-19-22-25-28-43-31-37-46(38-32-43)50(49,47-39-33-44(34-40-47)29-26-23-20-17-14-11-8-5-2)48-41-35-45(36-42-48)30-27-24-21-18-15-12-9-6-3/h25-42H,4-24H2,1-3H3. The Morgan fingerprint density at radius 2 is 0.600 bits per heavy atom. The van der Waals surface area contributed by atoms with Crippen LogP contribution in [0.1, 0.15) is 172 Å². The van der Waals surface area contributed by atoms with E-state index in [1.54, 1.807) is 0 Å². The van der Waals surface area contributed by atoms with Gasteiger partial charge in [0.25, 0.3) is 0 Å². The van der Waals surface area contributed by atoms with Crippen LogP contribution in [0.3, 0.4) is 0 Å². The number of hydrogen-bond donors (Lipinski definition) is 0. The van der Waals surface area contributed by atoms with E-state index in [4.69, 9.17) is 0 Å². The van der Waals surface area contributed by atoms with E-state index in [0.717, 1.165) is 35.2 Å². The molecule has 2 heteroatoms. The van der Waals surface area contributed by atoms with Gasteiger partial charge in [0.1, 0.15) is 0 Å². The highest BCUT2D eigenvalue weighted by Crippen LogP contribution is 2.42. The zero-order valence-corrected chi connectivity index (χ0v) is 33.0. The summed E-state index contributed by atoms with van der Waals surface area (Å²) >= 11 is 0. The van der Waals surface area contributed by atoms with Crippen molar-refractivity contribution in [3.05, 3.63) is 108 Å². The van der Waals surface area contributed by atoms with Gasteiger partial charge in [0.15, 0.2) is 7.14 Å². The Labute approximate surface area is 308 Å². The summed E-state index contributed by atoms with van der Waals surface area (Å²) in [5.74, 6) is 0. The maximum atomic E-state index is 15.3. The van der Waals surface area contributed by atoms with Crippen LogP contribution in [0, 0.1) is 0 Å². The highest BCUT2D eigenvalue weighted by molar-refractivity contribution is 7.85. The lowest BCUT2D eigenvalue weighted by Gasteiger charge is -2.20. The smallest absolute Gasteiger partial charge is 0.171 e. The first-order valence-corrected chi connectivity index (χ1v) is 22.2. The normalized spacial score (nSPS) is 13.2. The molecule has 0 unspecified atom stereocenters. The second-order valence-electron chi connectivity index (χ2n) is 14.3. The molecule has 0 atom stereocenters. The van der Waals surface area contributed by atoms with Crippen LogP contribution in [0.25, 0.3) is 18.2 Å². The zero-order valence-electron chi connectivity index (χ0n) is 32.1. The first-order valence-electron chi connectivity index (χ1n) is 20.5. The average molecular weight is 693 g/mol. The Morgan fingerprint density at radius 1 is 0.360 bits per heavy atom. The monoisotopic (exact) mass is 693 g/mol. The Balaban J connectivity index is 1.72. The van der Waals surface area contributed by atoms with Crippen LogP contribution in [0.5, 0.6) is 0 Å². The number of benzene rings is 3. The molecule has 1 nitrogen and oxygen atoms in total. The Morgan fingerprint density at radius 3 is 0.860 bits per heavy atom. The van der Waals surface area contributed by atoms with E-state index in [9.17, 15) is 0 Å². The van der Waals surface area contributed by atoms with Crippen molar-refractivity contribution in [1.29, 1.82) is 0 Å². The van der Waals surface area contributed by atoms with Crippen LogP contribution in [-0.2, 0) is 4.57 Å². The van der Waals surface area contributed by atoms with E-state index in [0.29, 0.717) is 0 Å². The van der Waals surface area contributed by atoms with Crippen LogP contribution in [0.15, 0.2) is 91.0 Å². The SMILES string of the molecule is CCCCCCCCC=Cc1ccc(P(=O)(c2ccc(C=CCCCCCCCC)cc2)c2ccc(C=CCCCCCCCC)cc2)cc1. The van der Waals surface area contributed by atoms with Gasteiger partial charge in [-0.2, -0.15) is 0 Å². The predicted octanol–water partition coefficient (Wildman–Crippen LogP) is 14.6. The highest BCUT2D eigenvalue weighted by atomic mass is 31.2. The van der Waals surface area contributed by atoms with Crippen LogP contribution >= 0.6 is 7.14 Å². The molecule has 0 saturated heterocycles. The van der Waals surface area contributed by atoms with Crippen LogP contribution in [0.2, 0.25) is 0 Å². The van der Waals surface area contributed by atoms with Gasteiger partial charge in [-0.25, -0.2) is 0 Å². The zero-order chi connectivity index (χ0) is 35.5. The largest absolute Gasteiger partial charge is 0.309 e. The summed E-state index contributed by atoms with van der Waals surface area (Å²) in [6.07, 6.45) is 40.7. The van der Waals surface area contributed by atoms with Crippen molar-refractivity contribution in [2.45, 2.75) is 156 Å². The van der Waals surface area contributed by atoms with Crippen molar-refractivity contribution >= 4 is 41.3 Å². The molecule has 0 heterocycles. The fourth-order valence-electron chi connectivity index (χ4n) is 6.62. The molecule has 0 radical (unpaired) electrons. The number of unbranched alkanes of at least 4 members (excludes halogenated alkanes) is 18. The van der Waals surface area contributed by atoms with Crippen molar-refractivity contribution in [3.63, 3.8) is 0 Å². The lowest BCUT2D eigenvalue weighted by Crippen LogP contribution is -2.25. The summed E-state index contributed by atoms with van der Waals surface area (Å²) < 4.78 is 15.3. The van der Waals surface area contributed by atoms with E-state index >= 15 is 4.57 Å². The van der Waals surface area contributed by atoms with Crippen LogP contribution in [0.4, 0.5) is 0 Å². The minimum Gasteiger partial charge on any atom is -0.309 e. The summed E-state index contributed by atoms with van der Waals surface area (Å²) in [4.78, 5) is 0. The van der Waals surface area contributed by atoms with Crippen molar-refractivity contribution in [2.24, 2.45) is 0 Å². The molecule has 272 valence electrons. The molecule has 0 aliphatic rings. The van der Waals surface area contributed by atoms with Crippen LogP contribution in [-0.4, -0.2) is 0 Å². The molecular weight excluding hydrogens is 624 g/mol. The lowest BCUT2D eigenvalue weighted by molar-refractivity contribution is 0.592. The molecule has 3 rings (SSSR count). The molecular formula is C48H69OP. The van der Waals surface area contributed by atoms with Gasteiger partial charge in [-0.05, 0) is 55.2 Å². The summed E-state index contributed by atoms with van der Waals surface area (Å²) in [7, 11) is -3.06. The fraction of sp³-hybridized carbons (Fsp3) is 0.500. The van der Waals surface area contributed by atoms with Crippen molar-refractivity contribution in [2.75, 3.05) is 0 Å². The summed E-state index contributed by atoms with van der Waals surface area (Å²) in [5.41, 5.74) is 3.51. The molecule has 3 aromatic rings. The van der Waals surface area contributed by atoms with E-state index in [1.165, 1.54) is 132 Å². The molecule has 0 aliphatic heterocycles. The van der Waals surface area contributed by atoms with Gasteiger partial charge in [-0.1, -0.05) is 226 Å². The topological polar surface area (TPSA) is 17.1 Å². The van der Waals surface area contributed by atoms with Gasteiger partial charge in [-0.15, -0.1) is 0 Å². The number of rotatable bonds is 27. The third-order valence-electron chi connectivity index (χ3n) is 9.87. The lowest BCUT2D eigenvalue weighted by atomic mass is 10.1. The molecule has 0 amide bonds. The third kappa shape index (κ3) is 15.6. The van der Waals surface area contributed by atoms with Crippen molar-refractivity contribution < 1.29 is 4.57 Å². The molecule has 0 fully saturated rings. The summed E-state index contributed by atoms with van der Waals surface area (Å²) in [6, 6.07) is 25.4. The maximum absolute atomic E-state index is 15.3. The second-order valence-corrected chi connectivity index (χ2v) is 17.0. The van der Waals surface area contributed by atoms with Gasteiger partial charge in [0.05, 0.1) is 0 Å². The van der Waals surface area contributed by atoms with E-state index in [-0.39, 0.29) is 0 Å². The van der Waals surface area contributed by atoms with Gasteiger partial charge in [0, 0.05) is 15.9 Å².